The molecule has 1 amide bonds. The summed E-state index contributed by atoms with van der Waals surface area (Å²) in [6.07, 6.45) is 5.09. The number of aromatic nitrogens is 2. The van der Waals surface area contributed by atoms with E-state index in [-0.39, 0.29) is 29.3 Å². The Morgan fingerprint density at radius 1 is 1.34 bits per heavy atom. The van der Waals surface area contributed by atoms with E-state index in [1.165, 1.54) is 6.20 Å². The highest BCUT2D eigenvalue weighted by atomic mass is 19.1. The van der Waals surface area contributed by atoms with Crippen LogP contribution in [0.4, 0.5) is 15.9 Å². The van der Waals surface area contributed by atoms with Crippen LogP contribution in [-0.2, 0) is 4.79 Å². The fourth-order valence-electron chi connectivity index (χ4n) is 3.91. The zero-order chi connectivity index (χ0) is 20.7. The summed E-state index contributed by atoms with van der Waals surface area (Å²) in [5, 5.41) is 12.8. The van der Waals surface area contributed by atoms with E-state index < -0.39 is 5.82 Å². The van der Waals surface area contributed by atoms with Crippen molar-refractivity contribution in [2.75, 3.05) is 11.1 Å². The van der Waals surface area contributed by atoms with Crippen molar-refractivity contribution in [1.82, 2.24) is 9.97 Å². The van der Waals surface area contributed by atoms with Crippen molar-refractivity contribution in [2.24, 2.45) is 17.8 Å². The van der Waals surface area contributed by atoms with Crippen molar-refractivity contribution in [2.45, 2.75) is 20.3 Å². The second-order valence-electron chi connectivity index (χ2n) is 7.53. The fraction of sp³-hybridized carbons (Fsp3) is 0.273. The Morgan fingerprint density at radius 2 is 2.14 bits per heavy atom. The van der Waals surface area contributed by atoms with Crippen molar-refractivity contribution in [3.05, 3.63) is 48.2 Å². The normalized spacial score (nSPS) is 20.3. The molecular formula is C22H20FN5O. The zero-order valence-electron chi connectivity index (χ0n) is 16.1. The van der Waals surface area contributed by atoms with Gasteiger partial charge >= 0.3 is 0 Å². The van der Waals surface area contributed by atoms with Crippen LogP contribution in [0.25, 0.3) is 21.9 Å². The van der Waals surface area contributed by atoms with Crippen LogP contribution in [0.3, 0.4) is 0 Å². The van der Waals surface area contributed by atoms with Crippen molar-refractivity contribution in [3.63, 3.8) is 0 Å². The van der Waals surface area contributed by atoms with E-state index in [2.05, 4.69) is 21.4 Å². The summed E-state index contributed by atoms with van der Waals surface area (Å²) in [6, 6.07) is 7.31. The van der Waals surface area contributed by atoms with Crippen LogP contribution in [0.15, 0.2) is 36.8 Å². The number of hydrogen-bond donors (Lipinski definition) is 2. The average Bonchev–Trinajstić information content (AvgIpc) is 3.34. The molecule has 146 valence electrons. The maximum absolute atomic E-state index is 14.9. The summed E-state index contributed by atoms with van der Waals surface area (Å²) in [5.74, 6) is -0.206. The Labute approximate surface area is 167 Å². The predicted molar refractivity (Wildman–Crippen MR) is 109 cm³/mol. The Bertz CT molecular complexity index is 1170. The van der Waals surface area contributed by atoms with E-state index in [1.807, 2.05) is 19.9 Å². The van der Waals surface area contributed by atoms with E-state index in [1.54, 1.807) is 24.5 Å². The van der Waals surface area contributed by atoms with Crippen molar-refractivity contribution >= 4 is 28.2 Å². The molecule has 2 heterocycles. The number of fused-ring (bicyclic) bond motifs is 1. The fourth-order valence-corrected chi connectivity index (χ4v) is 3.91. The van der Waals surface area contributed by atoms with Gasteiger partial charge in [-0.3, -0.25) is 9.78 Å². The standard InChI is InChI=1S/C22H20FN5O/c1-11-4-6-26-9-16(11)15-7-13-8-18(27-10-17(13)21(25)20(15)23)28-22(29)19-12(2)14(19)3-5-24/h4,6-10,12,14,19H,3,25H2,1-2H3,(H,27,28,29)/t12-,14-,19-/m1/s1. The van der Waals surface area contributed by atoms with Gasteiger partial charge in [-0.2, -0.15) is 5.26 Å². The number of hydrogen-bond acceptors (Lipinski definition) is 5. The molecule has 1 aliphatic rings. The molecule has 0 unspecified atom stereocenters. The SMILES string of the molecule is Cc1ccncc1-c1cc2cc(NC(=O)[C@@H]3[C@H](C)[C@H]3CC#N)ncc2c(N)c1F. The van der Waals surface area contributed by atoms with Gasteiger partial charge in [0, 0.05) is 47.4 Å². The molecule has 0 aliphatic heterocycles. The number of nitriles is 1. The molecule has 29 heavy (non-hydrogen) atoms. The van der Waals surface area contributed by atoms with E-state index in [9.17, 15) is 9.18 Å². The molecular weight excluding hydrogens is 369 g/mol. The molecule has 3 N–H and O–H groups in total. The van der Waals surface area contributed by atoms with Gasteiger partial charge in [0.05, 0.1) is 11.8 Å². The number of nitrogens with two attached hydrogens (primary N) is 1. The minimum absolute atomic E-state index is 0.0102. The number of carbonyl (C=O) groups excluding carboxylic acids is 1. The number of pyridine rings is 2. The second kappa shape index (κ2) is 7.13. The highest BCUT2D eigenvalue weighted by Gasteiger charge is 2.51. The van der Waals surface area contributed by atoms with Crippen LogP contribution in [0, 0.1) is 41.8 Å². The molecule has 2 aromatic heterocycles. The average molecular weight is 389 g/mol. The Balaban J connectivity index is 1.69. The molecule has 6 nitrogen and oxygen atoms in total. The minimum Gasteiger partial charge on any atom is -0.396 e. The Hall–Kier alpha value is -3.53. The highest BCUT2D eigenvalue weighted by Crippen LogP contribution is 2.48. The Morgan fingerprint density at radius 3 is 2.86 bits per heavy atom. The molecule has 3 atom stereocenters. The lowest BCUT2D eigenvalue weighted by atomic mass is 9.98. The smallest absolute Gasteiger partial charge is 0.229 e. The van der Waals surface area contributed by atoms with Crippen molar-refractivity contribution in [3.8, 4) is 17.2 Å². The van der Waals surface area contributed by atoms with E-state index in [4.69, 9.17) is 11.0 Å². The van der Waals surface area contributed by atoms with Crippen LogP contribution in [0.1, 0.15) is 18.9 Å². The molecule has 1 saturated carbocycles. The van der Waals surface area contributed by atoms with Gasteiger partial charge in [-0.25, -0.2) is 9.37 Å². The van der Waals surface area contributed by atoms with Gasteiger partial charge in [0.2, 0.25) is 5.91 Å². The minimum atomic E-state index is -0.515. The van der Waals surface area contributed by atoms with Gasteiger partial charge < -0.3 is 11.1 Å². The first-order valence-corrected chi connectivity index (χ1v) is 9.39. The molecule has 0 radical (unpaired) electrons. The van der Waals surface area contributed by atoms with Gasteiger partial charge in [0.1, 0.15) is 5.82 Å². The molecule has 0 saturated heterocycles. The number of anilines is 2. The van der Waals surface area contributed by atoms with Gasteiger partial charge in [-0.05, 0) is 47.9 Å². The van der Waals surface area contributed by atoms with Gasteiger partial charge in [0.15, 0.2) is 5.82 Å². The summed E-state index contributed by atoms with van der Waals surface area (Å²) in [7, 11) is 0. The third-order valence-electron chi connectivity index (χ3n) is 5.77. The molecule has 1 aromatic carbocycles. The molecule has 7 heteroatoms. The number of carbonyl (C=O) groups is 1. The maximum atomic E-state index is 14.9. The molecule has 1 aliphatic carbocycles. The number of nitrogens with one attached hydrogen (secondary N) is 1. The second-order valence-corrected chi connectivity index (χ2v) is 7.53. The molecule has 4 rings (SSSR count). The van der Waals surface area contributed by atoms with Gasteiger partial charge in [-0.15, -0.1) is 0 Å². The van der Waals surface area contributed by atoms with Crippen LogP contribution in [0.5, 0.6) is 0 Å². The summed E-state index contributed by atoms with van der Waals surface area (Å²) >= 11 is 0. The summed E-state index contributed by atoms with van der Waals surface area (Å²) in [5.41, 5.74) is 7.94. The lowest BCUT2D eigenvalue weighted by molar-refractivity contribution is -0.117. The first-order valence-electron chi connectivity index (χ1n) is 9.39. The largest absolute Gasteiger partial charge is 0.396 e. The topological polar surface area (TPSA) is 105 Å². The summed E-state index contributed by atoms with van der Waals surface area (Å²) < 4.78 is 14.9. The van der Waals surface area contributed by atoms with E-state index in [0.717, 1.165) is 5.56 Å². The number of nitrogen functional groups attached to an aromatic ring is 1. The number of halogens is 1. The number of benzene rings is 1. The maximum Gasteiger partial charge on any atom is 0.229 e. The molecule has 1 fully saturated rings. The monoisotopic (exact) mass is 389 g/mol. The number of nitrogens with zero attached hydrogens (tertiary/aromatic N) is 3. The third-order valence-corrected chi connectivity index (χ3v) is 5.77. The summed E-state index contributed by atoms with van der Waals surface area (Å²) in [6.45, 7) is 3.84. The lowest BCUT2D eigenvalue weighted by Crippen LogP contribution is -2.16. The number of rotatable bonds is 4. The zero-order valence-corrected chi connectivity index (χ0v) is 16.1. The van der Waals surface area contributed by atoms with Crippen molar-refractivity contribution < 1.29 is 9.18 Å². The Kier molecular flexibility index (Phi) is 4.63. The van der Waals surface area contributed by atoms with Crippen LogP contribution in [0.2, 0.25) is 0 Å². The van der Waals surface area contributed by atoms with E-state index >= 15 is 0 Å². The van der Waals surface area contributed by atoms with Crippen LogP contribution in [-0.4, -0.2) is 15.9 Å². The highest BCUT2D eigenvalue weighted by molar-refractivity contribution is 6.00. The van der Waals surface area contributed by atoms with Gasteiger partial charge in [0.25, 0.3) is 0 Å². The lowest BCUT2D eigenvalue weighted by Gasteiger charge is -2.12. The number of amides is 1. The molecule has 3 aromatic rings. The summed E-state index contributed by atoms with van der Waals surface area (Å²) in [4.78, 5) is 20.8. The predicted octanol–water partition coefficient (Wildman–Crippen LogP) is 4.06. The van der Waals surface area contributed by atoms with E-state index in [0.29, 0.717) is 34.1 Å². The van der Waals surface area contributed by atoms with Gasteiger partial charge in [-0.1, -0.05) is 6.92 Å². The first kappa shape index (κ1) is 18.8. The molecule has 0 spiro atoms. The quantitative estimate of drug-likeness (QED) is 0.655. The third kappa shape index (κ3) is 3.27. The van der Waals surface area contributed by atoms with Crippen LogP contribution < -0.4 is 11.1 Å². The number of aryl methyl sites for hydroxylation is 1. The molecule has 0 bridgehead atoms. The van der Waals surface area contributed by atoms with Crippen molar-refractivity contribution in [1.29, 1.82) is 5.26 Å². The first-order chi connectivity index (χ1) is 13.9. The van der Waals surface area contributed by atoms with Crippen LogP contribution >= 0.6 is 0 Å².